The molecule has 0 aromatic carbocycles. The minimum Gasteiger partial charge on any atom is -0.464 e. The van der Waals surface area contributed by atoms with Gasteiger partial charge in [0, 0.05) is 19.0 Å². The molecule has 12 nitrogen and oxygen atoms in total. The number of nitrogens with one attached hydrogen (secondary N) is 4. The summed E-state index contributed by atoms with van der Waals surface area (Å²) in [5.41, 5.74) is 0.204. The Bertz CT molecular complexity index is 1240. The second-order valence-electron chi connectivity index (χ2n) is 15.3. The van der Waals surface area contributed by atoms with Crippen LogP contribution in [0.2, 0.25) is 0 Å². The number of likely N-dealkylation sites (tertiary alicyclic amines) is 1. The van der Waals surface area contributed by atoms with Crippen LogP contribution in [0.3, 0.4) is 0 Å². The molecule has 3 fully saturated rings. The number of carbonyl (C=O) groups excluding carboxylic acids is 6. The van der Waals surface area contributed by atoms with Crippen LogP contribution in [0.4, 0.5) is 4.79 Å². The summed E-state index contributed by atoms with van der Waals surface area (Å²) in [6.45, 7) is 15.4. The zero-order chi connectivity index (χ0) is 36.3. The molecular weight excluding hydrogens is 626 g/mol. The van der Waals surface area contributed by atoms with Crippen LogP contribution in [0.1, 0.15) is 106 Å². The fourth-order valence-corrected chi connectivity index (χ4v) is 6.77. The normalized spacial score (nSPS) is 21.4. The van der Waals surface area contributed by atoms with Crippen LogP contribution < -0.4 is 21.3 Å². The molecule has 1 heterocycles. The minimum absolute atomic E-state index is 0.0518. The van der Waals surface area contributed by atoms with Gasteiger partial charge in [-0.1, -0.05) is 71.1 Å². The second kappa shape index (κ2) is 18.3. The second-order valence-corrected chi connectivity index (χ2v) is 15.3. The number of nitrogens with zero attached hydrogens (tertiary/aromatic N) is 1. The molecule has 274 valence electrons. The number of rotatable bonds is 16. The van der Waals surface area contributed by atoms with E-state index in [9.17, 15) is 28.8 Å². The van der Waals surface area contributed by atoms with Gasteiger partial charge in [-0.3, -0.25) is 19.2 Å². The van der Waals surface area contributed by atoms with Crippen LogP contribution in [0.5, 0.6) is 0 Å². The highest BCUT2D eigenvalue weighted by molar-refractivity contribution is 6.38. The van der Waals surface area contributed by atoms with Crippen molar-refractivity contribution < 1.29 is 33.5 Å². The van der Waals surface area contributed by atoms with Crippen LogP contribution in [-0.2, 0) is 28.7 Å². The monoisotopic (exact) mass is 685 g/mol. The summed E-state index contributed by atoms with van der Waals surface area (Å²) >= 11 is 0. The average Bonchev–Trinajstić information content (AvgIpc) is 3.80. The van der Waals surface area contributed by atoms with Crippen LogP contribution in [0.15, 0.2) is 24.3 Å². The molecule has 1 saturated heterocycles. The minimum atomic E-state index is -1.06. The molecule has 5 atom stereocenters. The summed E-state index contributed by atoms with van der Waals surface area (Å²) in [5.74, 6) is -3.01. The van der Waals surface area contributed by atoms with Crippen molar-refractivity contribution >= 4 is 35.5 Å². The van der Waals surface area contributed by atoms with E-state index in [1.54, 1.807) is 0 Å². The van der Waals surface area contributed by atoms with E-state index in [2.05, 4.69) is 27.8 Å². The summed E-state index contributed by atoms with van der Waals surface area (Å²) in [5, 5.41) is 11.0. The smallest absolute Gasteiger partial charge is 0.328 e. The first kappa shape index (κ1) is 39.7. The third-order valence-electron chi connectivity index (χ3n) is 9.59. The van der Waals surface area contributed by atoms with E-state index < -0.39 is 65.1 Å². The van der Waals surface area contributed by atoms with Crippen molar-refractivity contribution in [3.05, 3.63) is 24.3 Å². The maximum Gasteiger partial charge on any atom is 0.328 e. The third-order valence-corrected chi connectivity index (χ3v) is 9.59. The Labute approximate surface area is 292 Å². The largest absolute Gasteiger partial charge is 0.464 e. The zero-order valence-corrected chi connectivity index (χ0v) is 30.4. The summed E-state index contributed by atoms with van der Waals surface area (Å²) in [7, 11) is 0. The van der Waals surface area contributed by atoms with Gasteiger partial charge in [0.05, 0.1) is 12.6 Å². The van der Waals surface area contributed by atoms with Crippen LogP contribution in [-0.4, -0.2) is 84.3 Å². The number of ketones is 1. The number of amides is 5. The summed E-state index contributed by atoms with van der Waals surface area (Å²) < 4.78 is 5.61. The highest BCUT2D eigenvalue weighted by Gasteiger charge is 2.47. The Morgan fingerprint density at radius 1 is 0.939 bits per heavy atom. The predicted molar refractivity (Wildman–Crippen MR) is 187 cm³/mol. The molecule has 0 radical (unpaired) electrons. The number of hydrogen-bond acceptors (Lipinski definition) is 7. The summed E-state index contributed by atoms with van der Waals surface area (Å²) in [6, 6.07) is -4.54. The van der Waals surface area contributed by atoms with E-state index in [-0.39, 0.29) is 31.3 Å². The molecule has 1 unspecified atom stereocenters. The molecule has 12 heteroatoms. The van der Waals surface area contributed by atoms with Gasteiger partial charge in [-0.15, -0.1) is 6.58 Å². The number of allylic oxidation sites excluding steroid dienone is 1. The van der Waals surface area contributed by atoms with E-state index in [0.29, 0.717) is 25.4 Å². The van der Waals surface area contributed by atoms with E-state index in [1.807, 2.05) is 47.6 Å². The van der Waals surface area contributed by atoms with E-state index in [0.717, 1.165) is 50.5 Å². The van der Waals surface area contributed by atoms with Crippen molar-refractivity contribution in [2.45, 2.75) is 130 Å². The quantitative estimate of drug-likeness (QED) is 0.109. The van der Waals surface area contributed by atoms with Gasteiger partial charge in [0.2, 0.25) is 17.6 Å². The maximum atomic E-state index is 14.4. The number of hydrogen-bond donors (Lipinski definition) is 4. The topological polar surface area (TPSA) is 163 Å². The number of carbonyl (C=O) groups is 6. The highest BCUT2D eigenvalue weighted by atomic mass is 16.5. The lowest BCUT2D eigenvalue weighted by Gasteiger charge is -2.37. The van der Waals surface area contributed by atoms with Gasteiger partial charge in [0.15, 0.2) is 0 Å². The molecule has 4 N–H and O–H groups in total. The van der Waals surface area contributed by atoms with Crippen molar-refractivity contribution in [1.82, 2.24) is 26.2 Å². The van der Waals surface area contributed by atoms with Crippen LogP contribution in [0, 0.1) is 23.2 Å². The van der Waals surface area contributed by atoms with E-state index in [1.165, 1.54) is 11.0 Å². The Morgan fingerprint density at radius 2 is 1.61 bits per heavy atom. The predicted octanol–water partition coefficient (Wildman–Crippen LogP) is 3.94. The summed E-state index contributed by atoms with van der Waals surface area (Å²) in [6.07, 6.45) is 11.4. The van der Waals surface area contributed by atoms with E-state index in [4.69, 9.17) is 4.74 Å². The van der Waals surface area contributed by atoms with Crippen LogP contribution in [0.25, 0.3) is 0 Å². The molecule has 2 saturated carbocycles. The molecule has 0 spiro atoms. The zero-order valence-electron chi connectivity index (χ0n) is 30.4. The first-order valence-electron chi connectivity index (χ1n) is 18.1. The standard InChI is InChI=1S/C37H59N5O7/c1-8-13-27(30(43)33(45)38-19-9-2)39-32(44)29-26(21-23(3)4)18-20-42(29)34(46)31(37(5,6)7)41-36(48)40-28(25-14-11-10-12-15-25)35(47)49-22-24-16-17-24/h9,21,24-29,31H,2,8,10-20,22H2,1,3-7H3,(H,38,45)(H,39,44)(H2,40,41,48)/t26-,27?,28+,29+,31-/m1/s1. The molecular formula is C37H59N5O7. The Balaban J connectivity index is 1.83. The van der Waals surface area contributed by atoms with Crippen LogP contribution >= 0.6 is 0 Å². The first-order valence-corrected chi connectivity index (χ1v) is 18.1. The lowest BCUT2D eigenvalue weighted by atomic mass is 9.83. The molecule has 1 aliphatic heterocycles. The number of Topliss-reactive ketones (excluding diaryl/α,β-unsaturated/α-hetero) is 1. The molecule has 2 aliphatic carbocycles. The lowest BCUT2D eigenvalue weighted by molar-refractivity contribution is -0.148. The highest BCUT2D eigenvalue weighted by Crippen LogP contribution is 2.32. The van der Waals surface area contributed by atoms with Gasteiger partial charge < -0.3 is 30.9 Å². The Hall–Kier alpha value is -3.70. The third kappa shape index (κ3) is 11.7. The fourth-order valence-electron chi connectivity index (χ4n) is 6.77. The number of ether oxygens (including phenoxy) is 1. The van der Waals surface area contributed by atoms with Gasteiger partial charge in [0.25, 0.3) is 5.91 Å². The van der Waals surface area contributed by atoms with Gasteiger partial charge in [0.1, 0.15) is 18.1 Å². The lowest BCUT2D eigenvalue weighted by Crippen LogP contribution is -2.62. The van der Waals surface area contributed by atoms with Crippen molar-refractivity contribution in [2.24, 2.45) is 23.2 Å². The summed E-state index contributed by atoms with van der Waals surface area (Å²) in [4.78, 5) is 82.2. The number of esters is 1. The average molecular weight is 686 g/mol. The molecule has 3 rings (SSSR count). The Morgan fingerprint density at radius 3 is 2.18 bits per heavy atom. The van der Waals surface area contributed by atoms with Crippen molar-refractivity contribution in [3.8, 4) is 0 Å². The van der Waals surface area contributed by atoms with Gasteiger partial charge in [-0.05, 0) is 69.6 Å². The van der Waals surface area contributed by atoms with Gasteiger partial charge >= 0.3 is 12.0 Å². The molecule has 3 aliphatic rings. The fraction of sp³-hybridized carbons (Fsp3) is 0.730. The Kier molecular flexibility index (Phi) is 14.9. The van der Waals surface area contributed by atoms with E-state index >= 15 is 0 Å². The van der Waals surface area contributed by atoms with Crippen molar-refractivity contribution in [1.29, 1.82) is 0 Å². The number of urea groups is 1. The van der Waals surface area contributed by atoms with Crippen molar-refractivity contribution in [2.75, 3.05) is 19.7 Å². The SMILES string of the molecule is C=CCNC(=O)C(=O)C(CCC)NC(=O)[C@@H]1[C@@H](C=C(C)C)CCN1C(=O)[C@@H](NC(=O)N[C@H](C(=O)OCC1CC1)C1CCCCC1)C(C)(C)C. The van der Waals surface area contributed by atoms with Gasteiger partial charge in [-0.2, -0.15) is 0 Å². The van der Waals surface area contributed by atoms with Crippen molar-refractivity contribution in [3.63, 3.8) is 0 Å². The molecule has 5 amide bonds. The molecule has 0 bridgehead atoms. The molecule has 0 aromatic heterocycles. The molecule has 0 aromatic rings. The van der Waals surface area contributed by atoms with Gasteiger partial charge in [-0.25, -0.2) is 9.59 Å². The maximum absolute atomic E-state index is 14.4. The molecule has 49 heavy (non-hydrogen) atoms. The first-order chi connectivity index (χ1) is 23.2.